The van der Waals surface area contributed by atoms with Crippen LogP contribution in [0.1, 0.15) is 72.1 Å². The number of aliphatic hydroxyl groups excluding tert-OH is 2. The fourth-order valence-corrected chi connectivity index (χ4v) is 7.12. The molecular weight excluding hydrogens is 304 g/mol. The highest BCUT2D eigenvalue weighted by Crippen LogP contribution is 2.65. The number of hydrogen-bond donors (Lipinski definition) is 3. The van der Waals surface area contributed by atoms with Crippen molar-refractivity contribution in [1.82, 2.24) is 0 Å². The van der Waals surface area contributed by atoms with Crippen LogP contribution in [0.25, 0.3) is 0 Å². The van der Waals surface area contributed by atoms with Crippen molar-refractivity contribution < 1.29 is 20.1 Å². The summed E-state index contributed by atoms with van der Waals surface area (Å²) in [7, 11) is 0. The van der Waals surface area contributed by atoms with Crippen molar-refractivity contribution in [1.29, 1.82) is 0 Å². The first-order valence-electron chi connectivity index (χ1n) is 9.69. The standard InChI is InChI=1S/C20H34O4/c1-18(9-10-21)11-13-5-6-15-19(2,16(13)14(22)12-18)7-4-8-20(15,3)17(23)24/h13-16,21-22H,4-12H2,1-3H3,(H,23,24)/t13?,14?,15?,16?,18-,19-,20-/m1/s1. The maximum Gasteiger partial charge on any atom is 0.309 e. The van der Waals surface area contributed by atoms with Crippen molar-refractivity contribution in [2.45, 2.75) is 78.2 Å². The lowest BCUT2D eigenvalue weighted by Crippen LogP contribution is -2.60. The summed E-state index contributed by atoms with van der Waals surface area (Å²) >= 11 is 0. The van der Waals surface area contributed by atoms with Gasteiger partial charge < -0.3 is 15.3 Å². The van der Waals surface area contributed by atoms with E-state index in [0.29, 0.717) is 5.92 Å². The van der Waals surface area contributed by atoms with Gasteiger partial charge in [0.15, 0.2) is 0 Å². The van der Waals surface area contributed by atoms with Gasteiger partial charge in [-0.25, -0.2) is 0 Å². The second-order valence-corrected chi connectivity index (χ2v) is 9.76. The van der Waals surface area contributed by atoms with Crippen molar-refractivity contribution in [2.75, 3.05) is 6.61 Å². The highest BCUT2D eigenvalue weighted by atomic mass is 16.4. The fraction of sp³-hybridized carbons (Fsp3) is 0.950. The van der Waals surface area contributed by atoms with Gasteiger partial charge in [-0.2, -0.15) is 0 Å². The Labute approximate surface area is 145 Å². The molecule has 0 aromatic carbocycles. The maximum atomic E-state index is 12.0. The molecule has 0 heterocycles. The maximum absolute atomic E-state index is 12.0. The molecule has 3 saturated carbocycles. The van der Waals surface area contributed by atoms with Gasteiger partial charge in [0.05, 0.1) is 11.5 Å². The van der Waals surface area contributed by atoms with Gasteiger partial charge in [-0.15, -0.1) is 0 Å². The number of hydrogen-bond acceptors (Lipinski definition) is 3. The van der Waals surface area contributed by atoms with E-state index in [9.17, 15) is 20.1 Å². The molecule has 0 aromatic heterocycles. The van der Waals surface area contributed by atoms with Crippen LogP contribution in [0.4, 0.5) is 0 Å². The Morgan fingerprint density at radius 2 is 1.83 bits per heavy atom. The molecule has 3 aliphatic carbocycles. The molecule has 0 spiro atoms. The van der Waals surface area contributed by atoms with Crippen molar-refractivity contribution in [3.63, 3.8) is 0 Å². The Morgan fingerprint density at radius 3 is 2.46 bits per heavy atom. The van der Waals surface area contributed by atoms with E-state index >= 15 is 0 Å². The van der Waals surface area contributed by atoms with Crippen LogP contribution in [0.15, 0.2) is 0 Å². The summed E-state index contributed by atoms with van der Waals surface area (Å²) in [6, 6.07) is 0. The summed E-state index contributed by atoms with van der Waals surface area (Å²) in [4.78, 5) is 12.0. The zero-order valence-corrected chi connectivity index (χ0v) is 15.4. The molecule has 0 saturated heterocycles. The molecule has 3 N–H and O–H groups in total. The van der Waals surface area contributed by atoms with E-state index in [1.165, 1.54) is 0 Å². The van der Waals surface area contributed by atoms with Crippen LogP contribution in [0.5, 0.6) is 0 Å². The molecule has 4 heteroatoms. The van der Waals surface area contributed by atoms with E-state index in [1.54, 1.807) is 0 Å². The average molecular weight is 338 g/mol. The minimum atomic E-state index is -0.660. The smallest absolute Gasteiger partial charge is 0.309 e. The quantitative estimate of drug-likeness (QED) is 0.736. The second kappa shape index (κ2) is 5.98. The molecule has 24 heavy (non-hydrogen) atoms. The van der Waals surface area contributed by atoms with Crippen molar-refractivity contribution in [2.24, 2.45) is 34.0 Å². The first kappa shape index (κ1) is 18.2. The predicted octanol–water partition coefficient (Wildman–Crippen LogP) is 3.45. The number of carboxylic acid groups (broad SMARTS) is 1. The number of fused-ring (bicyclic) bond motifs is 3. The van der Waals surface area contributed by atoms with Crippen LogP contribution in [0, 0.1) is 34.0 Å². The topological polar surface area (TPSA) is 77.8 Å². The van der Waals surface area contributed by atoms with Gasteiger partial charge in [0.25, 0.3) is 0 Å². The van der Waals surface area contributed by atoms with Crippen LogP contribution >= 0.6 is 0 Å². The number of aliphatic carboxylic acids is 1. The molecule has 3 rings (SSSR count). The van der Waals surface area contributed by atoms with E-state index in [-0.39, 0.29) is 35.4 Å². The molecule has 0 aliphatic heterocycles. The highest BCUT2D eigenvalue weighted by Gasteiger charge is 2.62. The van der Waals surface area contributed by atoms with Gasteiger partial charge in [-0.3, -0.25) is 4.79 Å². The van der Waals surface area contributed by atoms with E-state index in [1.807, 2.05) is 6.92 Å². The van der Waals surface area contributed by atoms with E-state index in [0.717, 1.165) is 51.4 Å². The minimum Gasteiger partial charge on any atom is -0.481 e. The molecule has 3 aliphatic rings. The van der Waals surface area contributed by atoms with Crippen molar-refractivity contribution in [3.8, 4) is 0 Å². The van der Waals surface area contributed by atoms with Crippen LogP contribution in [0.3, 0.4) is 0 Å². The Balaban J connectivity index is 1.91. The van der Waals surface area contributed by atoms with Gasteiger partial charge in [-0.05, 0) is 80.5 Å². The van der Waals surface area contributed by atoms with Crippen molar-refractivity contribution >= 4 is 5.97 Å². The third-order valence-electron chi connectivity index (χ3n) is 8.15. The van der Waals surface area contributed by atoms with Crippen molar-refractivity contribution in [3.05, 3.63) is 0 Å². The average Bonchev–Trinajstić information content (AvgIpc) is 2.45. The summed E-state index contributed by atoms with van der Waals surface area (Å²) in [6.45, 7) is 6.56. The third kappa shape index (κ3) is 2.61. The van der Waals surface area contributed by atoms with Gasteiger partial charge in [0.2, 0.25) is 0 Å². The number of carboxylic acids is 1. The van der Waals surface area contributed by atoms with Gasteiger partial charge in [0.1, 0.15) is 0 Å². The second-order valence-electron chi connectivity index (χ2n) is 9.76. The van der Waals surface area contributed by atoms with Crippen LogP contribution in [0.2, 0.25) is 0 Å². The van der Waals surface area contributed by atoms with E-state index < -0.39 is 11.4 Å². The van der Waals surface area contributed by atoms with E-state index in [4.69, 9.17) is 0 Å². The molecule has 4 unspecified atom stereocenters. The Kier molecular flexibility index (Phi) is 4.53. The normalized spacial score (nSPS) is 51.5. The molecule has 3 fully saturated rings. The molecule has 0 aromatic rings. The first-order chi connectivity index (χ1) is 11.2. The predicted molar refractivity (Wildman–Crippen MR) is 92.5 cm³/mol. The Bertz CT molecular complexity index is 506. The first-order valence-corrected chi connectivity index (χ1v) is 9.69. The minimum absolute atomic E-state index is 0.0172. The lowest BCUT2D eigenvalue weighted by molar-refractivity contribution is -0.190. The van der Waals surface area contributed by atoms with E-state index in [2.05, 4.69) is 13.8 Å². The lowest BCUT2D eigenvalue weighted by atomic mass is 9.42. The zero-order valence-electron chi connectivity index (χ0n) is 15.4. The molecule has 7 atom stereocenters. The molecular formula is C20H34O4. The van der Waals surface area contributed by atoms with Crippen LogP contribution < -0.4 is 0 Å². The van der Waals surface area contributed by atoms with Gasteiger partial charge in [0, 0.05) is 6.61 Å². The van der Waals surface area contributed by atoms with Gasteiger partial charge >= 0.3 is 5.97 Å². The number of rotatable bonds is 3. The molecule has 4 nitrogen and oxygen atoms in total. The molecule has 138 valence electrons. The third-order valence-corrected chi connectivity index (χ3v) is 8.15. The lowest BCUT2D eigenvalue weighted by Gasteiger charge is -2.62. The Hall–Kier alpha value is -0.610. The van der Waals surface area contributed by atoms with Gasteiger partial charge in [-0.1, -0.05) is 20.3 Å². The molecule has 0 radical (unpaired) electrons. The summed E-state index contributed by atoms with van der Waals surface area (Å²) < 4.78 is 0. The number of carbonyl (C=O) groups is 1. The zero-order chi connectivity index (χ0) is 17.8. The summed E-state index contributed by atoms with van der Waals surface area (Å²) in [5.74, 6) is 0.173. The fourth-order valence-electron chi connectivity index (χ4n) is 7.12. The highest BCUT2D eigenvalue weighted by molar-refractivity contribution is 5.75. The van der Waals surface area contributed by atoms with Crippen LogP contribution in [-0.2, 0) is 4.79 Å². The Morgan fingerprint density at radius 1 is 1.12 bits per heavy atom. The molecule has 0 amide bonds. The van der Waals surface area contributed by atoms with Crippen LogP contribution in [-0.4, -0.2) is 34.0 Å². The summed E-state index contributed by atoms with van der Waals surface area (Å²) in [6.07, 6.45) is 6.90. The monoisotopic (exact) mass is 338 g/mol. The summed E-state index contributed by atoms with van der Waals surface area (Å²) in [5, 5.41) is 30.3. The summed E-state index contributed by atoms with van der Waals surface area (Å²) in [5.41, 5.74) is -0.707. The SMILES string of the molecule is C[C@]1(CCO)CC(O)C2C(CCC3[C@@]2(C)CCC[C@@]3(C)C(=O)O)C1. The molecule has 0 bridgehead atoms. The largest absolute Gasteiger partial charge is 0.481 e. The number of aliphatic hydroxyl groups is 2.